The van der Waals surface area contributed by atoms with E-state index in [1.54, 1.807) is 6.92 Å². The Morgan fingerprint density at radius 3 is 2.73 bits per heavy atom. The number of hydrogen-bond donors (Lipinski definition) is 4. The van der Waals surface area contributed by atoms with Gasteiger partial charge in [0, 0.05) is 12.5 Å². The molecular weight excluding hydrogens is 200 g/mol. The molecule has 2 atom stereocenters. The van der Waals surface area contributed by atoms with E-state index in [1.165, 1.54) is 0 Å². The Labute approximate surface area is 86.7 Å². The highest BCUT2D eigenvalue weighted by Crippen LogP contribution is 2.14. The first kappa shape index (κ1) is 11.4. The molecule has 0 aromatic heterocycles. The summed E-state index contributed by atoms with van der Waals surface area (Å²) in [6.45, 7) is 1.72. The summed E-state index contributed by atoms with van der Waals surface area (Å²) in [6.07, 6.45) is 0.519. The second-order valence-corrected chi connectivity index (χ2v) is 3.46. The standard InChI is InChI=1S/C8H14N4O3/c1-4-5(2-3-6(13)12-9)7(14)11-8(15)10-4/h4-5H,2-3,9H2,1H3,(H,12,13)(H2,10,11,14,15). The first-order valence-corrected chi connectivity index (χ1v) is 4.65. The number of urea groups is 1. The lowest BCUT2D eigenvalue weighted by atomic mass is 9.93. The van der Waals surface area contributed by atoms with E-state index < -0.39 is 6.03 Å². The van der Waals surface area contributed by atoms with Crippen molar-refractivity contribution in [1.29, 1.82) is 0 Å². The van der Waals surface area contributed by atoms with Gasteiger partial charge >= 0.3 is 6.03 Å². The largest absolute Gasteiger partial charge is 0.335 e. The Kier molecular flexibility index (Phi) is 3.62. The van der Waals surface area contributed by atoms with E-state index >= 15 is 0 Å². The van der Waals surface area contributed by atoms with Crippen molar-refractivity contribution in [2.24, 2.45) is 11.8 Å². The zero-order valence-electron chi connectivity index (χ0n) is 8.37. The second kappa shape index (κ2) is 4.74. The molecule has 1 rings (SSSR count). The summed E-state index contributed by atoms with van der Waals surface area (Å²) < 4.78 is 0. The highest BCUT2D eigenvalue weighted by Gasteiger charge is 2.32. The van der Waals surface area contributed by atoms with Crippen molar-refractivity contribution >= 4 is 17.8 Å². The quantitative estimate of drug-likeness (QED) is 0.263. The Morgan fingerprint density at radius 1 is 1.53 bits per heavy atom. The lowest BCUT2D eigenvalue weighted by molar-refractivity contribution is -0.126. The molecule has 15 heavy (non-hydrogen) atoms. The molecule has 1 aliphatic heterocycles. The van der Waals surface area contributed by atoms with Crippen molar-refractivity contribution < 1.29 is 14.4 Å². The van der Waals surface area contributed by atoms with Crippen molar-refractivity contribution in [3.05, 3.63) is 0 Å². The van der Waals surface area contributed by atoms with Gasteiger partial charge in [0.05, 0.1) is 5.92 Å². The van der Waals surface area contributed by atoms with E-state index in [4.69, 9.17) is 5.84 Å². The highest BCUT2D eigenvalue weighted by atomic mass is 16.2. The molecule has 1 saturated heterocycles. The maximum atomic E-state index is 11.4. The molecule has 1 fully saturated rings. The van der Waals surface area contributed by atoms with Gasteiger partial charge in [-0.2, -0.15) is 0 Å². The summed E-state index contributed by atoms with van der Waals surface area (Å²) in [4.78, 5) is 33.1. The van der Waals surface area contributed by atoms with Crippen LogP contribution >= 0.6 is 0 Å². The molecule has 1 heterocycles. The average molecular weight is 214 g/mol. The van der Waals surface area contributed by atoms with Crippen LogP contribution in [0.1, 0.15) is 19.8 Å². The zero-order chi connectivity index (χ0) is 11.4. The van der Waals surface area contributed by atoms with Gasteiger partial charge in [0.1, 0.15) is 0 Å². The Balaban J connectivity index is 2.49. The summed E-state index contributed by atoms with van der Waals surface area (Å²) in [6, 6.07) is -0.760. The third-order valence-corrected chi connectivity index (χ3v) is 2.38. The highest BCUT2D eigenvalue weighted by molar-refractivity contribution is 5.98. The van der Waals surface area contributed by atoms with Crippen LogP contribution in [0.5, 0.6) is 0 Å². The third-order valence-electron chi connectivity index (χ3n) is 2.38. The predicted molar refractivity (Wildman–Crippen MR) is 51.2 cm³/mol. The molecule has 0 saturated carbocycles. The number of hydrogen-bond acceptors (Lipinski definition) is 4. The summed E-state index contributed by atoms with van der Waals surface area (Å²) in [5.41, 5.74) is 1.98. The topological polar surface area (TPSA) is 113 Å². The zero-order valence-corrected chi connectivity index (χ0v) is 8.37. The third kappa shape index (κ3) is 2.91. The van der Waals surface area contributed by atoms with Gasteiger partial charge in [0.15, 0.2) is 0 Å². The average Bonchev–Trinajstić information content (AvgIpc) is 2.15. The Bertz CT molecular complexity index is 292. The molecule has 0 aromatic carbocycles. The summed E-state index contributed by atoms with van der Waals surface area (Å²) in [5, 5.41) is 4.72. The number of imide groups is 1. The predicted octanol–water partition coefficient (Wildman–Crippen LogP) is -1.40. The number of amides is 4. The van der Waals surface area contributed by atoms with Crippen LogP contribution in [0.25, 0.3) is 0 Å². The number of hydrazine groups is 1. The van der Waals surface area contributed by atoms with E-state index in [1.807, 2.05) is 5.43 Å². The molecule has 0 bridgehead atoms. The first-order chi connectivity index (χ1) is 7.04. The number of rotatable bonds is 3. The van der Waals surface area contributed by atoms with Gasteiger partial charge in [-0.3, -0.25) is 20.3 Å². The van der Waals surface area contributed by atoms with Crippen LogP contribution in [0, 0.1) is 5.92 Å². The summed E-state index contributed by atoms with van der Waals surface area (Å²) in [5.74, 6) is 3.84. The van der Waals surface area contributed by atoms with Crippen LogP contribution in [0.15, 0.2) is 0 Å². The minimum atomic E-state index is -0.493. The van der Waals surface area contributed by atoms with Crippen LogP contribution in [0.4, 0.5) is 4.79 Å². The molecule has 0 aromatic rings. The van der Waals surface area contributed by atoms with Crippen molar-refractivity contribution in [2.45, 2.75) is 25.8 Å². The van der Waals surface area contributed by atoms with Gasteiger partial charge in [-0.15, -0.1) is 0 Å². The van der Waals surface area contributed by atoms with Crippen molar-refractivity contribution in [2.75, 3.05) is 0 Å². The number of nitrogens with two attached hydrogens (primary N) is 1. The molecule has 0 radical (unpaired) electrons. The molecular formula is C8H14N4O3. The summed E-state index contributed by atoms with van der Waals surface area (Å²) >= 11 is 0. The molecule has 0 spiro atoms. The SMILES string of the molecule is CC1NC(=O)NC(=O)C1CCC(=O)NN. The molecule has 7 nitrogen and oxygen atoms in total. The number of nitrogens with one attached hydrogen (secondary N) is 3. The minimum Gasteiger partial charge on any atom is -0.335 e. The lowest BCUT2D eigenvalue weighted by Crippen LogP contribution is -2.57. The van der Waals surface area contributed by atoms with Crippen LogP contribution in [0.2, 0.25) is 0 Å². The first-order valence-electron chi connectivity index (χ1n) is 4.65. The molecule has 1 aliphatic rings. The number of carbonyl (C=O) groups is 3. The van der Waals surface area contributed by atoms with Gasteiger partial charge in [-0.25, -0.2) is 10.6 Å². The van der Waals surface area contributed by atoms with Crippen molar-refractivity contribution in [1.82, 2.24) is 16.1 Å². The Morgan fingerprint density at radius 2 is 2.20 bits per heavy atom. The number of carbonyl (C=O) groups excluding carboxylic acids is 3. The van der Waals surface area contributed by atoms with Crippen LogP contribution in [-0.4, -0.2) is 23.9 Å². The van der Waals surface area contributed by atoms with E-state index in [9.17, 15) is 14.4 Å². The molecule has 7 heteroatoms. The monoisotopic (exact) mass is 214 g/mol. The van der Waals surface area contributed by atoms with E-state index in [0.717, 1.165) is 0 Å². The minimum absolute atomic E-state index is 0.162. The lowest BCUT2D eigenvalue weighted by Gasteiger charge is -2.28. The molecule has 84 valence electrons. The fourth-order valence-corrected chi connectivity index (χ4v) is 1.51. The van der Waals surface area contributed by atoms with Crippen LogP contribution in [-0.2, 0) is 9.59 Å². The van der Waals surface area contributed by atoms with E-state index in [0.29, 0.717) is 6.42 Å². The van der Waals surface area contributed by atoms with Crippen LogP contribution < -0.4 is 21.9 Å². The fourth-order valence-electron chi connectivity index (χ4n) is 1.51. The van der Waals surface area contributed by atoms with Gasteiger partial charge in [-0.05, 0) is 13.3 Å². The second-order valence-electron chi connectivity index (χ2n) is 3.46. The maximum Gasteiger partial charge on any atom is 0.321 e. The molecule has 0 aliphatic carbocycles. The fraction of sp³-hybridized carbons (Fsp3) is 0.625. The van der Waals surface area contributed by atoms with Crippen molar-refractivity contribution in [3.63, 3.8) is 0 Å². The normalized spacial score (nSPS) is 25.5. The van der Waals surface area contributed by atoms with Gasteiger partial charge in [-0.1, -0.05) is 0 Å². The van der Waals surface area contributed by atoms with Gasteiger partial charge in [0.25, 0.3) is 0 Å². The van der Waals surface area contributed by atoms with Gasteiger partial charge < -0.3 is 5.32 Å². The summed E-state index contributed by atoms with van der Waals surface area (Å²) in [7, 11) is 0. The van der Waals surface area contributed by atoms with Gasteiger partial charge in [0.2, 0.25) is 11.8 Å². The smallest absolute Gasteiger partial charge is 0.321 e. The Hall–Kier alpha value is -1.63. The maximum absolute atomic E-state index is 11.4. The van der Waals surface area contributed by atoms with E-state index in [2.05, 4.69) is 10.6 Å². The van der Waals surface area contributed by atoms with E-state index in [-0.39, 0.29) is 30.2 Å². The van der Waals surface area contributed by atoms with Crippen molar-refractivity contribution in [3.8, 4) is 0 Å². The molecule has 2 unspecified atom stereocenters. The molecule has 4 amide bonds. The van der Waals surface area contributed by atoms with Crippen LogP contribution in [0.3, 0.4) is 0 Å². The molecule has 5 N–H and O–H groups in total.